The van der Waals surface area contributed by atoms with E-state index in [1.165, 1.54) is 17.7 Å². The van der Waals surface area contributed by atoms with Crippen LogP contribution in [0.2, 0.25) is 0 Å². The Bertz CT molecular complexity index is 1490. The molecule has 1 amide bonds. The highest BCUT2D eigenvalue weighted by atomic mass is 16.5. The SMILES string of the molecule is COc1c(C2CCCC[N+]2(C)CC2CC2)cc(O)c2c1CC1CC3C(N(C)C)C(=O)C(C(N)=O)=C(O)C3(O)C(=O)C1=C2O. The van der Waals surface area contributed by atoms with Crippen LogP contribution in [-0.4, -0.2) is 100 Å². The third-order valence-electron chi connectivity index (χ3n) is 10.8. The van der Waals surface area contributed by atoms with Gasteiger partial charge in [0.25, 0.3) is 5.91 Å². The Morgan fingerprint density at radius 1 is 1.16 bits per heavy atom. The molecule has 0 aromatic heterocycles. The number of likely N-dealkylation sites (tertiary alicyclic amines) is 1. The third kappa shape index (κ3) is 4.22. The number of benzene rings is 1. The van der Waals surface area contributed by atoms with Crippen molar-refractivity contribution >= 4 is 23.2 Å². The molecule has 0 radical (unpaired) electrons. The van der Waals surface area contributed by atoms with Crippen LogP contribution in [0.15, 0.2) is 23.0 Å². The van der Waals surface area contributed by atoms with Crippen molar-refractivity contribution in [1.29, 1.82) is 0 Å². The molecular formula is C32H42N3O8+. The zero-order valence-corrected chi connectivity index (χ0v) is 25.2. The molecule has 1 aromatic carbocycles. The number of likely N-dealkylation sites (N-methyl/N-ethyl adjacent to an activating group) is 1. The van der Waals surface area contributed by atoms with Gasteiger partial charge in [-0.3, -0.25) is 19.3 Å². The number of amides is 1. The molecule has 3 fully saturated rings. The molecule has 232 valence electrons. The molecular weight excluding hydrogens is 554 g/mol. The second-order valence-electron chi connectivity index (χ2n) is 13.7. The number of ketones is 2. The molecule has 1 heterocycles. The lowest BCUT2D eigenvalue weighted by molar-refractivity contribution is -0.946. The normalized spacial score (nSPS) is 34.2. The van der Waals surface area contributed by atoms with E-state index in [2.05, 4.69) is 7.05 Å². The smallest absolute Gasteiger partial charge is 0.255 e. The number of Topliss-reactive ketones (excluding diaryl/α,β-unsaturated/α-hetero) is 2. The van der Waals surface area contributed by atoms with Crippen LogP contribution in [0.1, 0.15) is 61.3 Å². The molecule has 11 nitrogen and oxygen atoms in total. The van der Waals surface area contributed by atoms with E-state index in [0.717, 1.165) is 42.4 Å². The van der Waals surface area contributed by atoms with Gasteiger partial charge in [0.2, 0.25) is 5.78 Å². The molecule has 1 aliphatic heterocycles. The number of aliphatic hydroxyl groups is 3. The topological polar surface area (TPSA) is 171 Å². The maximum absolute atomic E-state index is 14.1. The fourth-order valence-corrected chi connectivity index (χ4v) is 8.69. The van der Waals surface area contributed by atoms with Crippen molar-refractivity contribution in [2.24, 2.45) is 23.5 Å². The van der Waals surface area contributed by atoms with Gasteiger partial charge in [-0.1, -0.05) is 0 Å². The van der Waals surface area contributed by atoms with E-state index in [0.29, 0.717) is 17.2 Å². The number of phenols is 1. The second kappa shape index (κ2) is 10.1. The van der Waals surface area contributed by atoms with Crippen LogP contribution in [-0.2, 0) is 20.8 Å². The van der Waals surface area contributed by atoms with E-state index < -0.39 is 58.0 Å². The van der Waals surface area contributed by atoms with Crippen molar-refractivity contribution in [1.82, 2.24) is 4.90 Å². The number of hydrogen-bond donors (Lipinski definition) is 5. The summed E-state index contributed by atoms with van der Waals surface area (Å²) in [5.41, 5.74) is 3.27. The summed E-state index contributed by atoms with van der Waals surface area (Å²) in [4.78, 5) is 41.2. The van der Waals surface area contributed by atoms with Crippen molar-refractivity contribution in [3.63, 3.8) is 0 Å². The van der Waals surface area contributed by atoms with Crippen LogP contribution in [0.4, 0.5) is 0 Å². The van der Waals surface area contributed by atoms with E-state index in [9.17, 15) is 34.8 Å². The highest BCUT2D eigenvalue weighted by Gasteiger charge is 2.64. The first-order chi connectivity index (χ1) is 20.3. The third-order valence-corrected chi connectivity index (χ3v) is 10.8. The minimum Gasteiger partial charge on any atom is -0.508 e. The summed E-state index contributed by atoms with van der Waals surface area (Å²) in [6.45, 7) is 2.09. The molecule has 1 saturated heterocycles. The average Bonchev–Trinajstić information content (AvgIpc) is 3.74. The average molecular weight is 597 g/mol. The summed E-state index contributed by atoms with van der Waals surface area (Å²) in [5.74, 6) is -5.33. The monoisotopic (exact) mass is 596 g/mol. The number of rotatable bonds is 6. The minimum atomic E-state index is -2.66. The van der Waals surface area contributed by atoms with E-state index in [4.69, 9.17) is 10.5 Å². The van der Waals surface area contributed by atoms with Gasteiger partial charge in [-0.05, 0) is 64.6 Å². The van der Waals surface area contributed by atoms with E-state index in [1.54, 1.807) is 27.3 Å². The van der Waals surface area contributed by atoms with Gasteiger partial charge in [0.05, 0.1) is 44.4 Å². The second-order valence-corrected chi connectivity index (χ2v) is 13.7. The summed E-state index contributed by atoms with van der Waals surface area (Å²) >= 11 is 0. The van der Waals surface area contributed by atoms with Crippen molar-refractivity contribution < 1.29 is 44.0 Å². The first-order valence-electron chi connectivity index (χ1n) is 15.2. The Kier molecular flexibility index (Phi) is 6.94. The Hall–Kier alpha value is -3.41. The first-order valence-corrected chi connectivity index (χ1v) is 15.2. The number of nitrogens with zero attached hydrogens (tertiary/aromatic N) is 2. The molecule has 11 heteroatoms. The number of aromatic hydroxyl groups is 1. The van der Waals surface area contributed by atoms with Crippen LogP contribution in [0.25, 0.3) is 5.76 Å². The fraction of sp³-hybridized carbons (Fsp3) is 0.594. The molecule has 0 spiro atoms. The molecule has 5 aliphatic rings. The molecule has 4 aliphatic carbocycles. The van der Waals surface area contributed by atoms with Crippen molar-refractivity contribution in [2.75, 3.05) is 41.3 Å². The number of fused-ring (bicyclic) bond motifs is 3. The van der Waals surface area contributed by atoms with Crippen LogP contribution in [0.5, 0.6) is 11.5 Å². The van der Waals surface area contributed by atoms with Crippen molar-refractivity contribution in [3.8, 4) is 11.5 Å². The molecule has 43 heavy (non-hydrogen) atoms. The molecule has 6 unspecified atom stereocenters. The van der Waals surface area contributed by atoms with Gasteiger partial charge >= 0.3 is 0 Å². The van der Waals surface area contributed by atoms with Gasteiger partial charge < -0.3 is 35.4 Å². The van der Waals surface area contributed by atoms with Crippen LogP contribution < -0.4 is 10.5 Å². The number of methoxy groups -OCH3 is 1. The first kappa shape index (κ1) is 29.7. The number of nitrogens with two attached hydrogens (primary N) is 1. The van der Waals surface area contributed by atoms with Gasteiger partial charge in [0.15, 0.2) is 11.4 Å². The zero-order chi connectivity index (χ0) is 31.2. The lowest BCUT2D eigenvalue weighted by Crippen LogP contribution is -2.65. The molecule has 6 rings (SSSR count). The van der Waals surface area contributed by atoms with Gasteiger partial charge in [0.1, 0.15) is 34.6 Å². The number of piperidine rings is 1. The zero-order valence-electron chi connectivity index (χ0n) is 25.2. The lowest BCUT2D eigenvalue weighted by Gasteiger charge is -2.50. The van der Waals surface area contributed by atoms with Gasteiger partial charge in [-0.15, -0.1) is 0 Å². The molecule has 1 aromatic rings. The largest absolute Gasteiger partial charge is 0.508 e. The maximum Gasteiger partial charge on any atom is 0.255 e. The highest BCUT2D eigenvalue weighted by Crippen LogP contribution is 2.55. The Balaban J connectivity index is 1.51. The highest BCUT2D eigenvalue weighted by molar-refractivity contribution is 6.24. The summed E-state index contributed by atoms with van der Waals surface area (Å²) in [6.07, 6.45) is 5.84. The molecule has 2 saturated carbocycles. The fourth-order valence-electron chi connectivity index (χ4n) is 8.69. The number of aliphatic hydroxyl groups excluding tert-OH is 2. The van der Waals surface area contributed by atoms with E-state index >= 15 is 0 Å². The number of hydrogen-bond acceptors (Lipinski definition) is 9. The number of carbonyl (C=O) groups excluding carboxylic acids is 3. The number of ether oxygens (including phenoxy) is 1. The summed E-state index contributed by atoms with van der Waals surface area (Å²) in [7, 11) is 7.01. The number of phenolic OH excluding ortho intramolecular Hbond substituents is 1. The standard InChI is InChI=1S/C32H41N3O8/c1-34(2)25-19-12-16-11-18-23(26(37)22(16)29(39)32(19,42)30(40)24(27(25)38)31(33)41)21(36)13-17(28(18)43-4)20-7-5-6-10-35(20,3)14-15-8-9-15/h13,15-16,19-20,25,42H,5-12,14H2,1-4H3,(H4-,33,36,37,38,39,40,41)/p+1. The van der Waals surface area contributed by atoms with Gasteiger partial charge in [-0.25, -0.2) is 0 Å². The summed E-state index contributed by atoms with van der Waals surface area (Å²) in [5, 5.41) is 45.9. The maximum atomic E-state index is 14.1. The van der Waals surface area contributed by atoms with Crippen molar-refractivity contribution in [2.45, 2.75) is 62.6 Å². The number of carbonyl (C=O) groups is 3. The van der Waals surface area contributed by atoms with Crippen LogP contribution in [0, 0.1) is 17.8 Å². The van der Waals surface area contributed by atoms with Gasteiger partial charge in [0, 0.05) is 29.4 Å². The lowest BCUT2D eigenvalue weighted by atomic mass is 9.57. The quantitative estimate of drug-likeness (QED) is 0.244. The van der Waals surface area contributed by atoms with E-state index in [1.807, 2.05) is 0 Å². The minimum absolute atomic E-state index is 0.0405. The Morgan fingerprint density at radius 3 is 2.47 bits per heavy atom. The summed E-state index contributed by atoms with van der Waals surface area (Å²) < 4.78 is 6.88. The van der Waals surface area contributed by atoms with E-state index in [-0.39, 0.29) is 35.8 Å². The van der Waals surface area contributed by atoms with Gasteiger partial charge in [-0.2, -0.15) is 0 Å². The number of primary amides is 1. The predicted molar refractivity (Wildman–Crippen MR) is 156 cm³/mol. The predicted octanol–water partition coefficient (Wildman–Crippen LogP) is 2.05. The molecule has 6 atom stereocenters. The van der Waals surface area contributed by atoms with Crippen molar-refractivity contribution in [3.05, 3.63) is 39.7 Å². The molecule has 0 bridgehead atoms. The number of quaternary nitrogens is 1. The van der Waals surface area contributed by atoms with Crippen LogP contribution in [0.3, 0.4) is 0 Å². The Morgan fingerprint density at radius 2 is 1.86 bits per heavy atom. The summed E-state index contributed by atoms with van der Waals surface area (Å²) in [6, 6.07) is 0.610. The molecule has 6 N–H and O–H groups in total. The Labute approximate surface area is 250 Å². The van der Waals surface area contributed by atoms with Crippen LogP contribution >= 0.6 is 0 Å².